The molecule has 5 heteroatoms. The van der Waals surface area contributed by atoms with Crippen LogP contribution in [0.2, 0.25) is 0 Å². The van der Waals surface area contributed by atoms with Crippen LogP contribution in [0.1, 0.15) is 26.6 Å². The second kappa shape index (κ2) is 5.32. The molecule has 0 saturated carbocycles. The number of nitrogens with zero attached hydrogens (tertiary/aromatic N) is 2. The van der Waals surface area contributed by atoms with Gasteiger partial charge in [-0.2, -0.15) is 0 Å². The molecule has 20 heavy (non-hydrogen) atoms. The van der Waals surface area contributed by atoms with Crippen LogP contribution in [0.5, 0.6) is 11.5 Å². The quantitative estimate of drug-likeness (QED) is 0.911. The van der Waals surface area contributed by atoms with Crippen LogP contribution in [0.4, 0.5) is 0 Å². The molecule has 1 aromatic heterocycles. The van der Waals surface area contributed by atoms with Gasteiger partial charge in [0.25, 0.3) is 0 Å². The van der Waals surface area contributed by atoms with Gasteiger partial charge in [0.1, 0.15) is 5.82 Å². The third-order valence-electron chi connectivity index (χ3n) is 3.21. The number of nitrogens with two attached hydrogens (primary N) is 1. The van der Waals surface area contributed by atoms with Crippen LogP contribution >= 0.6 is 0 Å². The highest BCUT2D eigenvalue weighted by Gasteiger charge is 2.19. The summed E-state index contributed by atoms with van der Waals surface area (Å²) in [5.41, 5.74) is 7.79. The van der Waals surface area contributed by atoms with Gasteiger partial charge in [-0.15, -0.1) is 0 Å². The second-order valence-electron chi connectivity index (χ2n) is 5.65. The third-order valence-corrected chi connectivity index (χ3v) is 3.21. The summed E-state index contributed by atoms with van der Waals surface area (Å²) in [4.78, 5) is 4.67. The predicted octanol–water partition coefficient (Wildman–Crippen LogP) is 2.35. The number of aryl methyl sites for hydroxylation is 1. The first-order chi connectivity index (χ1) is 9.39. The molecule has 0 atom stereocenters. The molecule has 0 aliphatic heterocycles. The number of benzene rings is 1. The van der Waals surface area contributed by atoms with Crippen LogP contribution in [0.15, 0.2) is 12.1 Å². The van der Waals surface area contributed by atoms with Crippen molar-refractivity contribution in [3.8, 4) is 11.5 Å². The average molecular weight is 277 g/mol. The van der Waals surface area contributed by atoms with Crippen LogP contribution in [0, 0.1) is 0 Å². The topological polar surface area (TPSA) is 62.3 Å². The maximum Gasteiger partial charge on any atom is 0.163 e. The molecule has 0 aliphatic rings. The summed E-state index contributed by atoms with van der Waals surface area (Å²) in [6.45, 7) is 6.83. The Hall–Kier alpha value is -1.75. The Morgan fingerprint density at radius 3 is 2.30 bits per heavy atom. The lowest BCUT2D eigenvalue weighted by Crippen LogP contribution is -2.37. The average Bonchev–Trinajstić information content (AvgIpc) is 2.72. The van der Waals surface area contributed by atoms with Gasteiger partial charge in [0.2, 0.25) is 0 Å². The van der Waals surface area contributed by atoms with E-state index in [4.69, 9.17) is 15.2 Å². The van der Waals surface area contributed by atoms with E-state index in [1.54, 1.807) is 14.2 Å². The number of hydrogen-bond acceptors (Lipinski definition) is 4. The Bertz CT molecular complexity index is 612. The third kappa shape index (κ3) is 2.72. The van der Waals surface area contributed by atoms with Crippen molar-refractivity contribution in [1.82, 2.24) is 9.55 Å². The van der Waals surface area contributed by atoms with Crippen molar-refractivity contribution in [2.45, 2.75) is 39.3 Å². The summed E-state index contributed by atoms with van der Waals surface area (Å²) in [6, 6.07) is 3.87. The Morgan fingerprint density at radius 2 is 1.80 bits per heavy atom. The maximum atomic E-state index is 6.16. The van der Waals surface area contributed by atoms with Crippen molar-refractivity contribution >= 4 is 11.0 Å². The highest BCUT2D eigenvalue weighted by molar-refractivity contribution is 5.80. The molecule has 0 aliphatic carbocycles. The Balaban J connectivity index is 2.65. The smallest absolute Gasteiger partial charge is 0.163 e. The van der Waals surface area contributed by atoms with E-state index in [9.17, 15) is 0 Å². The van der Waals surface area contributed by atoms with Crippen LogP contribution in [0.25, 0.3) is 11.0 Å². The number of fused-ring (bicyclic) bond motifs is 1. The summed E-state index contributed by atoms with van der Waals surface area (Å²) in [5, 5.41) is 0. The first-order valence-corrected chi connectivity index (χ1v) is 6.79. The zero-order valence-electron chi connectivity index (χ0n) is 12.9. The van der Waals surface area contributed by atoms with Gasteiger partial charge in [0.15, 0.2) is 11.5 Å². The van der Waals surface area contributed by atoms with Crippen molar-refractivity contribution in [2.75, 3.05) is 14.2 Å². The number of imidazole rings is 1. The molecule has 2 aromatic rings. The molecule has 0 fully saturated rings. The van der Waals surface area contributed by atoms with Crippen molar-refractivity contribution < 1.29 is 9.47 Å². The standard InChI is InChI=1S/C15H23N3O2/c1-6-14-17-10-7-12(19-4)13(20-5)8-11(10)18(14)9-15(2,3)16/h7-8H,6,9,16H2,1-5H3. The van der Waals surface area contributed by atoms with E-state index in [0.29, 0.717) is 18.0 Å². The van der Waals surface area contributed by atoms with Crippen LogP contribution < -0.4 is 15.2 Å². The van der Waals surface area contributed by atoms with Crippen LogP contribution in [0.3, 0.4) is 0 Å². The SMILES string of the molecule is CCc1nc2cc(OC)c(OC)cc2n1CC(C)(C)N. The molecule has 0 unspecified atom stereocenters. The van der Waals surface area contributed by atoms with Crippen molar-refractivity contribution in [3.63, 3.8) is 0 Å². The summed E-state index contributed by atoms with van der Waals surface area (Å²) in [6.07, 6.45) is 0.857. The molecule has 0 saturated heterocycles. The molecule has 0 amide bonds. The molecular formula is C15H23N3O2. The summed E-state index contributed by atoms with van der Waals surface area (Å²) < 4.78 is 12.9. The lowest BCUT2D eigenvalue weighted by molar-refractivity contribution is 0.355. The minimum absolute atomic E-state index is 0.301. The molecule has 110 valence electrons. The zero-order chi connectivity index (χ0) is 14.9. The summed E-state index contributed by atoms with van der Waals surface area (Å²) >= 11 is 0. The summed E-state index contributed by atoms with van der Waals surface area (Å²) in [5.74, 6) is 2.42. The van der Waals surface area contributed by atoms with Crippen molar-refractivity contribution in [2.24, 2.45) is 5.73 Å². The van der Waals surface area contributed by atoms with E-state index < -0.39 is 0 Å². The van der Waals surface area contributed by atoms with Gasteiger partial charge in [0, 0.05) is 30.6 Å². The normalized spacial score (nSPS) is 11.9. The predicted molar refractivity (Wildman–Crippen MR) is 80.5 cm³/mol. The molecule has 2 rings (SSSR count). The maximum absolute atomic E-state index is 6.16. The van der Waals surface area contributed by atoms with Crippen LogP contribution in [-0.2, 0) is 13.0 Å². The first-order valence-electron chi connectivity index (χ1n) is 6.79. The molecule has 1 aromatic carbocycles. The highest BCUT2D eigenvalue weighted by Crippen LogP contribution is 2.32. The zero-order valence-corrected chi connectivity index (χ0v) is 12.9. The molecule has 2 N–H and O–H groups in total. The van der Waals surface area contributed by atoms with Crippen molar-refractivity contribution in [1.29, 1.82) is 0 Å². The fourth-order valence-corrected chi connectivity index (χ4v) is 2.36. The summed E-state index contributed by atoms with van der Waals surface area (Å²) in [7, 11) is 3.27. The lowest BCUT2D eigenvalue weighted by atomic mass is 10.1. The number of ether oxygens (including phenoxy) is 2. The van der Waals surface area contributed by atoms with Crippen LogP contribution in [-0.4, -0.2) is 29.3 Å². The van der Waals surface area contributed by atoms with Gasteiger partial charge in [-0.3, -0.25) is 0 Å². The molecule has 0 spiro atoms. The lowest BCUT2D eigenvalue weighted by Gasteiger charge is -2.21. The largest absolute Gasteiger partial charge is 0.493 e. The second-order valence-corrected chi connectivity index (χ2v) is 5.65. The minimum atomic E-state index is -0.301. The molecule has 1 heterocycles. The van der Waals surface area contributed by atoms with Gasteiger partial charge in [0.05, 0.1) is 25.3 Å². The van der Waals surface area contributed by atoms with E-state index >= 15 is 0 Å². The number of rotatable bonds is 5. The number of methoxy groups -OCH3 is 2. The Labute approximate surface area is 119 Å². The molecule has 0 radical (unpaired) electrons. The monoisotopic (exact) mass is 277 g/mol. The van der Waals surface area contributed by atoms with E-state index in [2.05, 4.69) is 16.5 Å². The van der Waals surface area contributed by atoms with E-state index in [-0.39, 0.29) is 5.54 Å². The van der Waals surface area contributed by atoms with E-state index in [1.807, 2.05) is 26.0 Å². The molecule has 0 bridgehead atoms. The fraction of sp³-hybridized carbons (Fsp3) is 0.533. The Morgan fingerprint density at radius 1 is 1.20 bits per heavy atom. The van der Waals surface area contributed by atoms with Gasteiger partial charge < -0.3 is 19.8 Å². The van der Waals surface area contributed by atoms with Gasteiger partial charge >= 0.3 is 0 Å². The van der Waals surface area contributed by atoms with E-state index in [1.165, 1.54) is 0 Å². The minimum Gasteiger partial charge on any atom is -0.493 e. The van der Waals surface area contributed by atoms with Gasteiger partial charge in [-0.1, -0.05) is 6.92 Å². The van der Waals surface area contributed by atoms with E-state index in [0.717, 1.165) is 23.3 Å². The first kappa shape index (κ1) is 14.7. The molecular weight excluding hydrogens is 254 g/mol. The fourth-order valence-electron chi connectivity index (χ4n) is 2.36. The number of hydrogen-bond donors (Lipinski definition) is 1. The number of aromatic nitrogens is 2. The van der Waals surface area contributed by atoms with Gasteiger partial charge in [-0.05, 0) is 13.8 Å². The van der Waals surface area contributed by atoms with Crippen molar-refractivity contribution in [3.05, 3.63) is 18.0 Å². The molecule has 5 nitrogen and oxygen atoms in total. The van der Waals surface area contributed by atoms with Gasteiger partial charge in [-0.25, -0.2) is 4.98 Å². The Kier molecular flexibility index (Phi) is 3.90. The highest BCUT2D eigenvalue weighted by atomic mass is 16.5.